The molecule has 18 heavy (non-hydrogen) atoms. The molecule has 1 aromatic rings. The minimum absolute atomic E-state index is 0.143. The maximum Gasteiger partial charge on any atom is 0.358 e. The highest BCUT2D eigenvalue weighted by Crippen LogP contribution is 2.26. The Bertz CT molecular complexity index is 416. The quantitative estimate of drug-likeness (QED) is 0.815. The first kappa shape index (κ1) is 15.3. The standard InChI is InChI=1S/C12H20N2O2S2/c1-6-16-10(15)9-8(2)18-11(14-9)13-7-12(3,4)17-5/h6-7H2,1-5H3,(H,13,14). The summed E-state index contributed by atoms with van der Waals surface area (Å²) in [6.07, 6.45) is 2.08. The normalized spacial score (nSPS) is 11.4. The van der Waals surface area contributed by atoms with Gasteiger partial charge in [0.2, 0.25) is 0 Å². The van der Waals surface area contributed by atoms with E-state index < -0.39 is 0 Å². The number of carbonyl (C=O) groups excluding carboxylic acids is 1. The van der Waals surface area contributed by atoms with E-state index in [0.29, 0.717) is 12.3 Å². The van der Waals surface area contributed by atoms with Crippen LogP contribution in [0, 0.1) is 6.92 Å². The molecule has 0 unspecified atom stereocenters. The van der Waals surface area contributed by atoms with Gasteiger partial charge in [-0.1, -0.05) is 0 Å². The zero-order chi connectivity index (χ0) is 13.8. The van der Waals surface area contributed by atoms with Gasteiger partial charge < -0.3 is 10.1 Å². The van der Waals surface area contributed by atoms with Crippen LogP contribution in [-0.2, 0) is 4.74 Å². The highest BCUT2D eigenvalue weighted by Gasteiger charge is 2.19. The van der Waals surface area contributed by atoms with Crippen LogP contribution in [-0.4, -0.2) is 35.1 Å². The van der Waals surface area contributed by atoms with Gasteiger partial charge in [0, 0.05) is 16.2 Å². The molecule has 0 atom stereocenters. The summed E-state index contributed by atoms with van der Waals surface area (Å²) in [5.41, 5.74) is 0.423. The number of hydrogen-bond donors (Lipinski definition) is 1. The van der Waals surface area contributed by atoms with E-state index in [1.54, 1.807) is 18.7 Å². The second-order valence-corrected chi connectivity index (χ2v) is 7.18. The number of thioether (sulfide) groups is 1. The average molecular weight is 288 g/mol. The van der Waals surface area contributed by atoms with Crippen LogP contribution < -0.4 is 5.32 Å². The lowest BCUT2D eigenvalue weighted by Gasteiger charge is -2.21. The predicted octanol–water partition coefficient (Wildman–Crippen LogP) is 3.18. The van der Waals surface area contributed by atoms with E-state index in [2.05, 4.69) is 30.4 Å². The molecule has 4 nitrogen and oxygen atoms in total. The third-order valence-electron chi connectivity index (χ3n) is 2.48. The number of esters is 1. The lowest BCUT2D eigenvalue weighted by Crippen LogP contribution is -2.25. The lowest BCUT2D eigenvalue weighted by molar-refractivity contribution is 0.0519. The third kappa shape index (κ3) is 4.17. The molecule has 0 aromatic carbocycles. The number of anilines is 1. The van der Waals surface area contributed by atoms with Gasteiger partial charge in [0.05, 0.1) is 6.61 Å². The molecule has 0 saturated carbocycles. The van der Waals surface area contributed by atoms with Crippen molar-refractivity contribution in [2.75, 3.05) is 24.7 Å². The fourth-order valence-electron chi connectivity index (χ4n) is 1.22. The molecule has 1 rings (SSSR count). The molecular weight excluding hydrogens is 268 g/mol. The van der Waals surface area contributed by atoms with E-state index >= 15 is 0 Å². The number of nitrogens with zero attached hydrogens (tertiary/aromatic N) is 1. The summed E-state index contributed by atoms with van der Waals surface area (Å²) in [6, 6.07) is 0. The number of nitrogens with one attached hydrogen (secondary N) is 1. The molecule has 0 radical (unpaired) electrons. The van der Waals surface area contributed by atoms with Crippen LogP contribution in [0.1, 0.15) is 36.1 Å². The molecule has 0 amide bonds. The number of rotatable bonds is 6. The smallest absolute Gasteiger partial charge is 0.358 e. The average Bonchev–Trinajstić information content (AvgIpc) is 2.69. The third-order valence-corrected chi connectivity index (χ3v) is 4.66. The van der Waals surface area contributed by atoms with Crippen LogP contribution in [0.25, 0.3) is 0 Å². The highest BCUT2D eigenvalue weighted by molar-refractivity contribution is 7.99. The topological polar surface area (TPSA) is 51.2 Å². The van der Waals surface area contributed by atoms with Crippen LogP contribution in [0.4, 0.5) is 5.13 Å². The van der Waals surface area contributed by atoms with Crippen molar-refractivity contribution in [1.82, 2.24) is 4.98 Å². The minimum Gasteiger partial charge on any atom is -0.461 e. The molecule has 102 valence electrons. The van der Waals surface area contributed by atoms with E-state index in [0.717, 1.165) is 16.6 Å². The number of thiazole rings is 1. The SMILES string of the molecule is CCOC(=O)c1nc(NCC(C)(C)SC)sc1C. The van der Waals surface area contributed by atoms with Crippen LogP contribution in [0.15, 0.2) is 0 Å². The number of carbonyl (C=O) groups is 1. The summed E-state index contributed by atoms with van der Waals surface area (Å²) in [4.78, 5) is 16.8. The second-order valence-electron chi connectivity index (χ2n) is 4.46. The second kappa shape index (κ2) is 6.43. The van der Waals surface area contributed by atoms with E-state index in [1.165, 1.54) is 11.3 Å². The van der Waals surface area contributed by atoms with Crippen molar-refractivity contribution in [3.63, 3.8) is 0 Å². The Morgan fingerprint density at radius 3 is 2.78 bits per heavy atom. The maximum atomic E-state index is 11.6. The molecule has 0 aliphatic heterocycles. The number of aryl methyl sites for hydroxylation is 1. The minimum atomic E-state index is -0.344. The van der Waals surface area contributed by atoms with Crippen LogP contribution >= 0.6 is 23.1 Å². The first-order valence-electron chi connectivity index (χ1n) is 5.83. The van der Waals surface area contributed by atoms with Crippen molar-refractivity contribution in [3.05, 3.63) is 10.6 Å². The Hall–Kier alpha value is -0.750. The van der Waals surface area contributed by atoms with Crippen LogP contribution in [0.3, 0.4) is 0 Å². The maximum absolute atomic E-state index is 11.6. The molecular formula is C12H20N2O2S2. The van der Waals surface area contributed by atoms with Gasteiger partial charge in [0.15, 0.2) is 10.8 Å². The van der Waals surface area contributed by atoms with E-state index in [1.807, 2.05) is 6.92 Å². The van der Waals surface area contributed by atoms with Crippen molar-refractivity contribution >= 4 is 34.2 Å². The lowest BCUT2D eigenvalue weighted by atomic mass is 10.2. The molecule has 0 saturated heterocycles. The van der Waals surface area contributed by atoms with Crippen molar-refractivity contribution in [3.8, 4) is 0 Å². The summed E-state index contributed by atoms with van der Waals surface area (Å²) >= 11 is 3.28. The Kier molecular flexibility index (Phi) is 5.47. The first-order valence-corrected chi connectivity index (χ1v) is 7.87. The molecule has 0 spiro atoms. The number of aromatic nitrogens is 1. The van der Waals surface area contributed by atoms with Gasteiger partial charge in [-0.2, -0.15) is 11.8 Å². The summed E-state index contributed by atoms with van der Waals surface area (Å²) < 4.78 is 5.10. The van der Waals surface area contributed by atoms with Gasteiger partial charge in [0.25, 0.3) is 0 Å². The monoisotopic (exact) mass is 288 g/mol. The Morgan fingerprint density at radius 2 is 2.22 bits per heavy atom. The van der Waals surface area contributed by atoms with E-state index in [9.17, 15) is 4.79 Å². The predicted molar refractivity (Wildman–Crippen MR) is 78.9 cm³/mol. The first-order chi connectivity index (χ1) is 8.39. The molecule has 1 aromatic heterocycles. The van der Waals surface area contributed by atoms with Gasteiger partial charge in [-0.15, -0.1) is 11.3 Å². The number of hydrogen-bond acceptors (Lipinski definition) is 6. The van der Waals surface area contributed by atoms with E-state index in [-0.39, 0.29) is 10.7 Å². The summed E-state index contributed by atoms with van der Waals surface area (Å²) in [5.74, 6) is -0.344. The largest absolute Gasteiger partial charge is 0.461 e. The molecule has 6 heteroatoms. The van der Waals surface area contributed by atoms with Gasteiger partial charge in [0.1, 0.15) is 0 Å². The van der Waals surface area contributed by atoms with Gasteiger partial charge in [-0.25, -0.2) is 9.78 Å². The Morgan fingerprint density at radius 1 is 1.56 bits per heavy atom. The van der Waals surface area contributed by atoms with Gasteiger partial charge in [-0.3, -0.25) is 0 Å². The van der Waals surface area contributed by atoms with Crippen LogP contribution in [0.5, 0.6) is 0 Å². The van der Waals surface area contributed by atoms with Crippen molar-refractivity contribution in [1.29, 1.82) is 0 Å². The zero-order valence-electron chi connectivity index (χ0n) is 11.5. The van der Waals surface area contributed by atoms with Crippen molar-refractivity contribution in [2.45, 2.75) is 32.4 Å². The molecule has 0 fully saturated rings. The summed E-state index contributed by atoms with van der Waals surface area (Å²) in [5, 5.41) is 4.05. The van der Waals surface area contributed by atoms with Crippen molar-refractivity contribution < 1.29 is 9.53 Å². The Labute approximate surface area is 117 Å². The summed E-state index contributed by atoms with van der Waals surface area (Å²) in [7, 11) is 0. The zero-order valence-corrected chi connectivity index (χ0v) is 13.1. The van der Waals surface area contributed by atoms with Gasteiger partial charge in [-0.05, 0) is 34.0 Å². The van der Waals surface area contributed by atoms with Crippen molar-refractivity contribution in [2.24, 2.45) is 0 Å². The van der Waals surface area contributed by atoms with Crippen LogP contribution in [0.2, 0.25) is 0 Å². The molecule has 0 bridgehead atoms. The fourth-order valence-corrected chi connectivity index (χ4v) is 2.23. The van der Waals surface area contributed by atoms with E-state index in [4.69, 9.17) is 4.74 Å². The fraction of sp³-hybridized carbons (Fsp3) is 0.667. The molecule has 0 aliphatic rings. The highest BCUT2D eigenvalue weighted by atomic mass is 32.2. The molecule has 1 heterocycles. The Balaban J connectivity index is 2.70. The molecule has 1 N–H and O–H groups in total. The molecule has 0 aliphatic carbocycles. The van der Waals surface area contributed by atoms with Gasteiger partial charge >= 0.3 is 5.97 Å². The number of ether oxygens (including phenoxy) is 1. The summed E-state index contributed by atoms with van der Waals surface area (Å²) in [6.45, 7) is 9.19.